The van der Waals surface area contributed by atoms with Crippen molar-refractivity contribution in [3.63, 3.8) is 0 Å². The highest BCUT2D eigenvalue weighted by Gasteiger charge is 2.12. The summed E-state index contributed by atoms with van der Waals surface area (Å²) in [5.41, 5.74) is 2.98. The molecule has 8 nitrogen and oxygen atoms in total. The van der Waals surface area contributed by atoms with Crippen LogP contribution in [0.1, 0.15) is 26.5 Å². The number of aromatic nitrogens is 1. The van der Waals surface area contributed by atoms with Gasteiger partial charge in [0.1, 0.15) is 22.8 Å². The van der Waals surface area contributed by atoms with E-state index in [0.717, 1.165) is 0 Å². The number of pyridine rings is 1. The number of nitrogens with one attached hydrogen (secondary N) is 1. The quantitative estimate of drug-likeness (QED) is 0.479. The minimum Gasteiger partial charge on any atom is -0.507 e. The van der Waals surface area contributed by atoms with Crippen molar-refractivity contribution < 1.29 is 24.2 Å². The number of nitrogens with zero attached hydrogens (tertiary/aromatic N) is 2. The van der Waals surface area contributed by atoms with E-state index >= 15 is 0 Å². The van der Waals surface area contributed by atoms with Gasteiger partial charge in [0, 0.05) is 18.0 Å². The Kier molecular flexibility index (Phi) is 4.75. The average molecular weight is 351 g/mol. The number of phenols is 1. The summed E-state index contributed by atoms with van der Waals surface area (Å²) < 4.78 is 5.54. The third-order valence-electron chi connectivity index (χ3n) is 3.42. The van der Waals surface area contributed by atoms with Crippen molar-refractivity contribution in [1.82, 2.24) is 10.4 Å². The fourth-order valence-corrected chi connectivity index (χ4v) is 2.15. The van der Waals surface area contributed by atoms with Crippen molar-refractivity contribution in [3.05, 3.63) is 71.7 Å². The van der Waals surface area contributed by atoms with E-state index in [1.165, 1.54) is 30.6 Å². The summed E-state index contributed by atoms with van der Waals surface area (Å²) in [6.07, 6.45) is 4.29. The highest BCUT2D eigenvalue weighted by molar-refractivity contribution is 5.94. The van der Waals surface area contributed by atoms with Crippen molar-refractivity contribution in [2.45, 2.75) is 0 Å². The smallest absolute Gasteiger partial charge is 0.339 e. The molecule has 2 heterocycles. The summed E-state index contributed by atoms with van der Waals surface area (Å²) in [7, 11) is 0. The van der Waals surface area contributed by atoms with Gasteiger partial charge in [-0.05, 0) is 42.5 Å². The molecule has 0 aliphatic heterocycles. The molecule has 2 aromatic heterocycles. The van der Waals surface area contributed by atoms with E-state index in [1.807, 2.05) is 0 Å². The van der Waals surface area contributed by atoms with Crippen LogP contribution in [0.2, 0.25) is 0 Å². The van der Waals surface area contributed by atoms with Gasteiger partial charge < -0.3 is 14.6 Å². The van der Waals surface area contributed by atoms with Crippen LogP contribution in [0.3, 0.4) is 0 Å². The van der Waals surface area contributed by atoms with E-state index in [4.69, 9.17) is 9.52 Å². The van der Waals surface area contributed by atoms with Gasteiger partial charge in [0.2, 0.25) is 0 Å². The molecule has 0 radical (unpaired) electrons. The van der Waals surface area contributed by atoms with Gasteiger partial charge in [-0.15, -0.1) is 0 Å². The molecule has 0 aliphatic rings. The van der Waals surface area contributed by atoms with Crippen molar-refractivity contribution in [1.29, 1.82) is 0 Å². The predicted molar refractivity (Wildman–Crippen MR) is 92.1 cm³/mol. The topological polar surface area (TPSA) is 125 Å². The first-order valence-electron chi connectivity index (χ1n) is 7.44. The summed E-state index contributed by atoms with van der Waals surface area (Å²) in [4.78, 5) is 26.7. The molecule has 3 rings (SSSR count). The normalized spacial score (nSPS) is 10.8. The molecule has 130 valence electrons. The van der Waals surface area contributed by atoms with E-state index in [1.54, 1.807) is 30.5 Å². The van der Waals surface area contributed by atoms with Gasteiger partial charge in [0.15, 0.2) is 0 Å². The Hall–Kier alpha value is -3.94. The largest absolute Gasteiger partial charge is 0.507 e. The predicted octanol–water partition coefficient (Wildman–Crippen LogP) is 2.51. The van der Waals surface area contributed by atoms with Crippen LogP contribution in [0.5, 0.6) is 5.75 Å². The minimum absolute atomic E-state index is 0.224. The van der Waals surface area contributed by atoms with Gasteiger partial charge in [-0.1, -0.05) is 0 Å². The second kappa shape index (κ2) is 7.31. The van der Waals surface area contributed by atoms with Crippen LogP contribution < -0.4 is 5.43 Å². The Morgan fingerprint density at radius 3 is 2.77 bits per heavy atom. The fourth-order valence-electron chi connectivity index (χ4n) is 2.15. The fraction of sp³-hybridized carbons (Fsp3) is 0. The SMILES string of the molecule is O=C(N/N=C/c1ccc(-c2ccc(O)c(C(=O)O)c2)o1)c1cccnc1. The summed E-state index contributed by atoms with van der Waals surface area (Å²) in [6, 6.07) is 10.6. The van der Waals surface area contributed by atoms with Gasteiger partial charge in [-0.2, -0.15) is 5.10 Å². The third-order valence-corrected chi connectivity index (χ3v) is 3.42. The molecule has 0 saturated carbocycles. The molecule has 1 aromatic carbocycles. The summed E-state index contributed by atoms with van der Waals surface area (Å²) >= 11 is 0. The molecule has 0 atom stereocenters. The molecule has 0 bridgehead atoms. The number of furan rings is 1. The van der Waals surface area contributed by atoms with Crippen LogP contribution in [0.25, 0.3) is 11.3 Å². The maximum atomic E-state index is 11.8. The number of aromatic hydroxyl groups is 1. The zero-order valence-electron chi connectivity index (χ0n) is 13.3. The second-order valence-corrected chi connectivity index (χ2v) is 5.18. The van der Waals surface area contributed by atoms with Crippen LogP contribution in [-0.2, 0) is 0 Å². The van der Waals surface area contributed by atoms with Crippen LogP contribution in [0, 0.1) is 0 Å². The lowest BCUT2D eigenvalue weighted by Crippen LogP contribution is -2.17. The summed E-state index contributed by atoms with van der Waals surface area (Å²) in [5, 5.41) is 22.4. The van der Waals surface area contributed by atoms with Crippen LogP contribution in [0.15, 0.2) is 64.4 Å². The zero-order valence-corrected chi connectivity index (χ0v) is 13.3. The molecule has 0 spiro atoms. The van der Waals surface area contributed by atoms with Gasteiger partial charge >= 0.3 is 5.97 Å². The molecular formula is C18H13N3O5. The molecule has 0 fully saturated rings. The first-order chi connectivity index (χ1) is 12.5. The van der Waals surface area contributed by atoms with Gasteiger partial charge in [-0.3, -0.25) is 9.78 Å². The Morgan fingerprint density at radius 1 is 1.19 bits per heavy atom. The van der Waals surface area contributed by atoms with Gasteiger partial charge in [-0.25, -0.2) is 10.2 Å². The molecule has 1 amide bonds. The van der Waals surface area contributed by atoms with E-state index in [9.17, 15) is 14.7 Å². The summed E-state index contributed by atoms with van der Waals surface area (Å²) in [6.45, 7) is 0. The number of rotatable bonds is 5. The molecule has 0 unspecified atom stereocenters. The van der Waals surface area contributed by atoms with Crippen molar-refractivity contribution in [2.75, 3.05) is 0 Å². The Balaban J connectivity index is 1.71. The molecule has 3 N–H and O–H groups in total. The lowest BCUT2D eigenvalue weighted by Gasteiger charge is -2.02. The lowest BCUT2D eigenvalue weighted by molar-refractivity contribution is 0.0693. The first kappa shape index (κ1) is 16.9. The third kappa shape index (κ3) is 3.75. The van der Waals surface area contributed by atoms with Crippen molar-refractivity contribution in [2.24, 2.45) is 5.10 Å². The van der Waals surface area contributed by atoms with Crippen LogP contribution >= 0.6 is 0 Å². The summed E-state index contributed by atoms with van der Waals surface area (Å²) in [5.74, 6) is -1.22. The lowest BCUT2D eigenvalue weighted by atomic mass is 10.1. The average Bonchev–Trinajstić information content (AvgIpc) is 3.11. The van der Waals surface area contributed by atoms with Crippen LogP contribution in [0.4, 0.5) is 0 Å². The highest BCUT2D eigenvalue weighted by Crippen LogP contribution is 2.27. The number of carboxylic acid groups (broad SMARTS) is 1. The second-order valence-electron chi connectivity index (χ2n) is 5.18. The van der Waals surface area contributed by atoms with E-state index < -0.39 is 11.9 Å². The number of hydrogen-bond donors (Lipinski definition) is 3. The molecule has 8 heteroatoms. The standard InChI is InChI=1S/C18H13N3O5/c22-15-5-3-11(8-14(15)18(24)25)16-6-4-13(26-16)10-20-21-17(23)12-2-1-7-19-9-12/h1-10,22H,(H,21,23)(H,24,25)/b20-10+. The van der Waals surface area contributed by atoms with Gasteiger partial charge in [0.25, 0.3) is 5.91 Å². The highest BCUT2D eigenvalue weighted by atomic mass is 16.4. The number of carboxylic acids is 1. The van der Waals surface area contributed by atoms with E-state index in [-0.39, 0.29) is 11.3 Å². The van der Waals surface area contributed by atoms with E-state index in [2.05, 4.69) is 15.5 Å². The molecule has 0 aliphatic carbocycles. The molecule has 0 saturated heterocycles. The number of carbonyl (C=O) groups excluding carboxylic acids is 1. The Morgan fingerprint density at radius 2 is 2.04 bits per heavy atom. The van der Waals surface area contributed by atoms with E-state index in [0.29, 0.717) is 22.6 Å². The monoisotopic (exact) mass is 351 g/mol. The Bertz CT molecular complexity index is 980. The van der Waals surface area contributed by atoms with Crippen molar-refractivity contribution in [3.8, 4) is 17.1 Å². The number of hydrogen-bond acceptors (Lipinski definition) is 6. The minimum atomic E-state index is -1.24. The maximum absolute atomic E-state index is 11.8. The zero-order chi connectivity index (χ0) is 18.5. The maximum Gasteiger partial charge on any atom is 0.339 e. The number of aromatic carboxylic acids is 1. The molecular weight excluding hydrogens is 338 g/mol. The number of carbonyl (C=O) groups is 2. The first-order valence-corrected chi connectivity index (χ1v) is 7.44. The molecule has 3 aromatic rings. The van der Waals surface area contributed by atoms with Crippen LogP contribution in [-0.4, -0.2) is 33.3 Å². The van der Waals surface area contributed by atoms with Gasteiger partial charge in [0.05, 0.1) is 11.8 Å². The number of amides is 1. The van der Waals surface area contributed by atoms with Crippen molar-refractivity contribution >= 4 is 18.1 Å². The number of benzene rings is 1. The molecule has 26 heavy (non-hydrogen) atoms. The Labute approximate surface area is 147 Å². The number of hydrazone groups is 1.